The Morgan fingerprint density at radius 2 is 2.33 bits per heavy atom. The quantitative estimate of drug-likeness (QED) is 0.757. The van der Waals surface area contributed by atoms with Gasteiger partial charge in [0.1, 0.15) is 11.2 Å². The van der Waals surface area contributed by atoms with Crippen molar-refractivity contribution in [2.24, 2.45) is 5.73 Å². The molecule has 0 atom stereocenters. The first-order valence-corrected chi connectivity index (χ1v) is 4.32. The molecule has 0 unspecified atom stereocenters. The first-order chi connectivity index (χ1) is 7.13. The minimum atomic E-state index is -0.608. The second kappa shape index (κ2) is 3.23. The second-order valence-corrected chi connectivity index (χ2v) is 3.12. The number of aryl methyl sites for hydroxylation is 1. The Kier molecular flexibility index (Phi) is 2.03. The average Bonchev–Trinajstić information content (AvgIpc) is 2.59. The van der Waals surface area contributed by atoms with Crippen molar-refractivity contribution in [3.8, 4) is 5.88 Å². The van der Waals surface area contributed by atoms with Crippen LogP contribution >= 0.6 is 0 Å². The van der Waals surface area contributed by atoms with E-state index in [1.807, 2.05) is 6.92 Å². The Bertz CT molecular complexity index is 532. The molecule has 0 bridgehead atoms. The third kappa shape index (κ3) is 1.39. The number of methoxy groups -OCH3 is 1. The van der Waals surface area contributed by atoms with Crippen LogP contribution in [-0.2, 0) is 0 Å². The number of hydrogen-bond acceptors (Lipinski definition) is 4. The maximum Gasteiger partial charge on any atom is 0.269 e. The summed E-state index contributed by atoms with van der Waals surface area (Å²) in [6, 6.07) is 0. The summed E-state index contributed by atoms with van der Waals surface area (Å²) in [5.74, 6) is -0.260. The van der Waals surface area contributed by atoms with Crippen LogP contribution in [0.15, 0.2) is 12.4 Å². The molecule has 78 valence electrons. The fourth-order valence-corrected chi connectivity index (χ4v) is 1.38. The SMILES string of the molecule is COc1nc(C(N)=O)cn2ncc(C)c12. The molecule has 0 saturated heterocycles. The van der Waals surface area contributed by atoms with Gasteiger partial charge in [-0.25, -0.2) is 9.50 Å². The highest BCUT2D eigenvalue weighted by molar-refractivity contribution is 5.91. The molecule has 2 N–H and O–H groups in total. The van der Waals surface area contributed by atoms with E-state index in [-0.39, 0.29) is 5.69 Å². The third-order valence-electron chi connectivity index (χ3n) is 2.09. The predicted octanol–water partition coefficient (Wildman–Crippen LogP) is 0.145. The van der Waals surface area contributed by atoms with Crippen molar-refractivity contribution in [1.29, 1.82) is 0 Å². The van der Waals surface area contributed by atoms with E-state index >= 15 is 0 Å². The maximum absolute atomic E-state index is 11.0. The van der Waals surface area contributed by atoms with Crippen molar-refractivity contribution in [3.05, 3.63) is 23.7 Å². The molecule has 6 heteroatoms. The van der Waals surface area contributed by atoms with Gasteiger partial charge in [-0.15, -0.1) is 0 Å². The van der Waals surface area contributed by atoms with Gasteiger partial charge in [0, 0.05) is 5.56 Å². The van der Waals surface area contributed by atoms with E-state index in [0.29, 0.717) is 5.88 Å². The minimum Gasteiger partial charge on any atom is -0.479 e. The zero-order chi connectivity index (χ0) is 11.0. The molecule has 0 saturated carbocycles. The van der Waals surface area contributed by atoms with Crippen LogP contribution in [0.5, 0.6) is 5.88 Å². The first kappa shape index (κ1) is 9.45. The summed E-state index contributed by atoms with van der Waals surface area (Å²) in [5.41, 5.74) is 6.93. The number of carbonyl (C=O) groups excluding carboxylic acids is 1. The van der Waals surface area contributed by atoms with Crippen LogP contribution in [0.2, 0.25) is 0 Å². The van der Waals surface area contributed by atoms with Crippen LogP contribution < -0.4 is 10.5 Å². The molecule has 6 nitrogen and oxygen atoms in total. The maximum atomic E-state index is 11.0. The Balaban J connectivity index is 2.79. The topological polar surface area (TPSA) is 82.5 Å². The highest BCUT2D eigenvalue weighted by Gasteiger charge is 2.12. The molecule has 15 heavy (non-hydrogen) atoms. The van der Waals surface area contributed by atoms with Gasteiger partial charge < -0.3 is 10.5 Å². The zero-order valence-electron chi connectivity index (χ0n) is 8.39. The number of rotatable bonds is 2. The summed E-state index contributed by atoms with van der Waals surface area (Å²) in [7, 11) is 1.49. The molecule has 0 aromatic carbocycles. The number of carbonyl (C=O) groups is 1. The highest BCUT2D eigenvalue weighted by atomic mass is 16.5. The number of aromatic nitrogens is 3. The fourth-order valence-electron chi connectivity index (χ4n) is 1.38. The van der Waals surface area contributed by atoms with Crippen molar-refractivity contribution in [1.82, 2.24) is 14.6 Å². The minimum absolute atomic E-state index is 0.127. The molecule has 2 rings (SSSR count). The van der Waals surface area contributed by atoms with Gasteiger partial charge in [-0.2, -0.15) is 5.10 Å². The lowest BCUT2D eigenvalue weighted by molar-refractivity contribution is 0.0994. The van der Waals surface area contributed by atoms with Gasteiger partial charge >= 0.3 is 0 Å². The van der Waals surface area contributed by atoms with Gasteiger partial charge in [0.25, 0.3) is 5.91 Å². The highest BCUT2D eigenvalue weighted by Crippen LogP contribution is 2.20. The van der Waals surface area contributed by atoms with Crippen LogP contribution in [0.4, 0.5) is 0 Å². The van der Waals surface area contributed by atoms with Crippen LogP contribution in [0.1, 0.15) is 16.1 Å². The van der Waals surface area contributed by atoms with Crippen molar-refractivity contribution < 1.29 is 9.53 Å². The van der Waals surface area contributed by atoms with E-state index in [1.54, 1.807) is 6.20 Å². The Hall–Kier alpha value is -2.11. The van der Waals surface area contributed by atoms with E-state index in [4.69, 9.17) is 10.5 Å². The predicted molar refractivity (Wildman–Crippen MR) is 52.8 cm³/mol. The summed E-state index contributed by atoms with van der Waals surface area (Å²) in [6.07, 6.45) is 3.15. The van der Waals surface area contributed by atoms with Crippen molar-refractivity contribution in [3.63, 3.8) is 0 Å². The van der Waals surface area contributed by atoms with E-state index < -0.39 is 5.91 Å². The standard InChI is InChI=1S/C9H10N4O2/c1-5-3-11-13-4-6(8(10)14)12-9(15-2)7(5)13/h3-4H,1-2H3,(H2,10,14). The van der Waals surface area contributed by atoms with Crippen LogP contribution in [0.3, 0.4) is 0 Å². The Labute approximate surface area is 85.7 Å². The Morgan fingerprint density at radius 1 is 1.60 bits per heavy atom. The lowest BCUT2D eigenvalue weighted by atomic mass is 10.3. The lowest BCUT2D eigenvalue weighted by Crippen LogP contribution is -2.15. The number of nitrogens with zero attached hydrogens (tertiary/aromatic N) is 3. The summed E-state index contributed by atoms with van der Waals surface area (Å²) in [5, 5.41) is 4.06. The van der Waals surface area contributed by atoms with E-state index in [1.165, 1.54) is 17.8 Å². The molecular weight excluding hydrogens is 196 g/mol. The number of amides is 1. The van der Waals surface area contributed by atoms with E-state index in [2.05, 4.69) is 10.1 Å². The fraction of sp³-hybridized carbons (Fsp3) is 0.222. The summed E-state index contributed by atoms with van der Waals surface area (Å²) >= 11 is 0. The van der Waals surface area contributed by atoms with Crippen LogP contribution in [-0.4, -0.2) is 27.6 Å². The number of ether oxygens (including phenoxy) is 1. The van der Waals surface area contributed by atoms with Gasteiger partial charge in [0.05, 0.1) is 19.5 Å². The van der Waals surface area contributed by atoms with Crippen LogP contribution in [0, 0.1) is 6.92 Å². The molecule has 0 radical (unpaired) electrons. The molecule has 0 spiro atoms. The monoisotopic (exact) mass is 206 g/mol. The lowest BCUT2D eigenvalue weighted by Gasteiger charge is -2.04. The van der Waals surface area contributed by atoms with Crippen LogP contribution in [0.25, 0.3) is 5.52 Å². The van der Waals surface area contributed by atoms with Gasteiger partial charge in [-0.1, -0.05) is 0 Å². The average molecular weight is 206 g/mol. The van der Waals surface area contributed by atoms with Gasteiger partial charge in [0.15, 0.2) is 0 Å². The molecule has 0 aliphatic heterocycles. The number of primary amides is 1. The van der Waals surface area contributed by atoms with Crippen molar-refractivity contribution in [2.45, 2.75) is 6.92 Å². The number of hydrogen-bond donors (Lipinski definition) is 1. The van der Waals surface area contributed by atoms with Gasteiger partial charge in [-0.3, -0.25) is 4.79 Å². The molecule has 2 heterocycles. The summed E-state index contributed by atoms with van der Waals surface area (Å²) in [6.45, 7) is 1.89. The first-order valence-electron chi connectivity index (χ1n) is 4.32. The normalized spacial score (nSPS) is 10.5. The van der Waals surface area contributed by atoms with Gasteiger partial charge in [0.2, 0.25) is 5.88 Å². The molecule has 2 aromatic heterocycles. The van der Waals surface area contributed by atoms with Crippen molar-refractivity contribution in [2.75, 3.05) is 7.11 Å². The van der Waals surface area contributed by atoms with E-state index in [0.717, 1.165) is 11.1 Å². The van der Waals surface area contributed by atoms with Gasteiger partial charge in [-0.05, 0) is 6.92 Å². The largest absolute Gasteiger partial charge is 0.479 e. The molecule has 1 amide bonds. The summed E-state index contributed by atoms with van der Waals surface area (Å²) in [4.78, 5) is 15.0. The molecular formula is C9H10N4O2. The Morgan fingerprint density at radius 3 is 2.93 bits per heavy atom. The smallest absolute Gasteiger partial charge is 0.269 e. The second-order valence-electron chi connectivity index (χ2n) is 3.12. The molecule has 2 aromatic rings. The van der Waals surface area contributed by atoms with Crippen molar-refractivity contribution >= 4 is 11.4 Å². The third-order valence-corrected chi connectivity index (χ3v) is 2.09. The zero-order valence-corrected chi connectivity index (χ0v) is 8.39. The van der Waals surface area contributed by atoms with E-state index in [9.17, 15) is 4.79 Å². The summed E-state index contributed by atoms with van der Waals surface area (Å²) < 4.78 is 6.61. The number of fused-ring (bicyclic) bond motifs is 1. The molecule has 0 fully saturated rings. The molecule has 0 aliphatic carbocycles. The molecule has 0 aliphatic rings. The number of nitrogens with two attached hydrogens (primary N) is 1.